The number of pyridine rings is 1. The Morgan fingerprint density at radius 3 is 2.60 bits per heavy atom. The number of methoxy groups -OCH3 is 1. The number of rotatable bonds is 7. The molecule has 1 fully saturated rings. The zero-order valence-electron chi connectivity index (χ0n) is 19.6. The summed E-state index contributed by atoms with van der Waals surface area (Å²) in [5.41, 5.74) is 2.65. The second-order valence-corrected chi connectivity index (χ2v) is 9.44. The third-order valence-corrected chi connectivity index (χ3v) is 7.14. The Morgan fingerprint density at radius 2 is 1.91 bits per heavy atom. The number of hydrogen-bond donors (Lipinski definition) is 1. The van der Waals surface area contributed by atoms with Crippen molar-refractivity contribution in [2.45, 2.75) is 44.6 Å². The highest BCUT2D eigenvalue weighted by atomic mass is 19.1. The van der Waals surface area contributed by atoms with Crippen molar-refractivity contribution in [3.05, 3.63) is 77.1 Å². The van der Waals surface area contributed by atoms with Gasteiger partial charge in [0.15, 0.2) is 0 Å². The topological polar surface area (TPSA) is 68.7 Å². The average Bonchev–Trinajstić information content (AvgIpc) is 3.69. The number of carboxylic acids is 1. The lowest BCUT2D eigenvalue weighted by Crippen LogP contribution is -2.22. The number of aliphatic carboxylic acids is 1. The second kappa shape index (κ2) is 9.29. The summed E-state index contributed by atoms with van der Waals surface area (Å²) in [6, 6.07) is 11.5. The summed E-state index contributed by atoms with van der Waals surface area (Å²) >= 11 is 0. The maximum absolute atomic E-state index is 15.2. The zero-order chi connectivity index (χ0) is 24.7. The lowest BCUT2D eigenvalue weighted by molar-refractivity contribution is -0.142. The Hall–Kier alpha value is -3.48. The molecule has 2 heterocycles. The zero-order valence-corrected chi connectivity index (χ0v) is 19.6. The number of aromatic nitrogens is 1. The van der Waals surface area contributed by atoms with Crippen molar-refractivity contribution in [2.24, 2.45) is 11.8 Å². The monoisotopic (exact) mass is 479 g/mol. The number of carboxylic acid groups (broad SMARTS) is 1. The molecule has 3 aromatic rings. The van der Waals surface area contributed by atoms with Crippen LogP contribution >= 0.6 is 0 Å². The molecule has 1 aliphatic carbocycles. The van der Waals surface area contributed by atoms with Gasteiger partial charge in [-0.2, -0.15) is 0 Å². The first-order chi connectivity index (χ1) is 16.9. The van der Waals surface area contributed by atoms with Gasteiger partial charge in [0, 0.05) is 17.3 Å². The molecule has 182 valence electrons. The number of fused-ring (bicyclic) bond motifs is 1. The molecule has 0 spiro atoms. The molecule has 0 amide bonds. The molecule has 0 saturated heterocycles. The molecule has 1 aromatic heterocycles. The van der Waals surface area contributed by atoms with E-state index in [2.05, 4.69) is 4.98 Å². The molecule has 1 N–H and O–H groups in total. The van der Waals surface area contributed by atoms with Gasteiger partial charge in [-0.25, -0.2) is 8.78 Å². The quantitative estimate of drug-likeness (QED) is 0.430. The van der Waals surface area contributed by atoms with E-state index in [0.717, 1.165) is 24.0 Å². The summed E-state index contributed by atoms with van der Waals surface area (Å²) in [7, 11) is 1.48. The fraction of sp³-hybridized carbons (Fsp3) is 0.357. The van der Waals surface area contributed by atoms with E-state index in [1.54, 1.807) is 6.92 Å². The number of benzene rings is 2. The fourth-order valence-electron chi connectivity index (χ4n) is 5.05. The molecule has 2 aliphatic rings. The molecule has 2 unspecified atom stereocenters. The molecule has 1 aliphatic heterocycles. The molecule has 2 aromatic carbocycles. The minimum absolute atomic E-state index is 0.0753. The van der Waals surface area contributed by atoms with Gasteiger partial charge in [-0.15, -0.1) is 0 Å². The van der Waals surface area contributed by atoms with E-state index in [1.165, 1.54) is 37.6 Å². The fourth-order valence-corrected chi connectivity index (χ4v) is 5.05. The van der Waals surface area contributed by atoms with Crippen molar-refractivity contribution in [1.29, 1.82) is 0 Å². The van der Waals surface area contributed by atoms with Crippen LogP contribution in [0, 0.1) is 23.5 Å². The third kappa shape index (κ3) is 4.59. The smallest absolute Gasteiger partial charge is 0.306 e. The Balaban J connectivity index is 1.41. The largest absolute Gasteiger partial charge is 0.497 e. The van der Waals surface area contributed by atoms with Gasteiger partial charge in [0.25, 0.3) is 0 Å². The van der Waals surface area contributed by atoms with Crippen LogP contribution < -0.4 is 9.47 Å². The molecule has 5 nitrogen and oxygen atoms in total. The van der Waals surface area contributed by atoms with Gasteiger partial charge >= 0.3 is 5.97 Å². The third-order valence-electron chi connectivity index (χ3n) is 7.14. The van der Waals surface area contributed by atoms with Gasteiger partial charge in [-0.1, -0.05) is 19.1 Å². The minimum atomic E-state index is -0.808. The highest BCUT2D eigenvalue weighted by Crippen LogP contribution is 2.48. The molecule has 0 bridgehead atoms. The number of hydrogen-bond acceptors (Lipinski definition) is 4. The Morgan fingerprint density at radius 1 is 1.11 bits per heavy atom. The Labute approximate surface area is 202 Å². The number of halogens is 2. The van der Waals surface area contributed by atoms with Crippen LogP contribution in [0.3, 0.4) is 0 Å². The van der Waals surface area contributed by atoms with Crippen molar-refractivity contribution < 1.29 is 28.2 Å². The van der Waals surface area contributed by atoms with Gasteiger partial charge in [-0.05, 0) is 79.0 Å². The Bertz CT molecular complexity index is 1270. The summed E-state index contributed by atoms with van der Waals surface area (Å²) in [5.74, 6) is -0.959. The number of nitrogens with zero attached hydrogens (tertiary/aromatic N) is 1. The van der Waals surface area contributed by atoms with Crippen LogP contribution in [-0.2, 0) is 11.2 Å². The normalized spacial score (nSPS) is 18.8. The standard InChI is InChI=1S/C28H27F2NO4/c1-15(28(32)33)26(17-4-5-17)18-6-3-16-7-10-24(35-25(16)12-18)27-23(30)11-19(14-31-27)21-13-20(34-2)8-9-22(21)29/h3,6,8-9,11-15,17,24,26H,4-5,7,10H2,1-2H3,(H,32,33)/t15-,24?,26?/m0/s1. The van der Waals surface area contributed by atoms with Crippen molar-refractivity contribution in [3.8, 4) is 22.6 Å². The van der Waals surface area contributed by atoms with Crippen LogP contribution in [0.1, 0.15) is 55.0 Å². The highest BCUT2D eigenvalue weighted by Gasteiger charge is 2.39. The van der Waals surface area contributed by atoms with E-state index in [4.69, 9.17) is 9.47 Å². The van der Waals surface area contributed by atoms with Crippen LogP contribution in [0.25, 0.3) is 11.1 Å². The van der Waals surface area contributed by atoms with Gasteiger partial charge in [0.1, 0.15) is 34.9 Å². The number of ether oxygens (including phenoxy) is 2. The molecule has 5 rings (SSSR count). The molecule has 1 saturated carbocycles. The van der Waals surface area contributed by atoms with Crippen LogP contribution in [0.4, 0.5) is 8.78 Å². The van der Waals surface area contributed by atoms with Crippen LogP contribution in [0.15, 0.2) is 48.7 Å². The first-order valence-corrected chi connectivity index (χ1v) is 11.9. The lowest BCUT2D eigenvalue weighted by atomic mass is 9.82. The molecule has 3 atom stereocenters. The molecular weight excluding hydrogens is 452 g/mol. The summed E-state index contributed by atoms with van der Waals surface area (Å²) in [4.78, 5) is 16.0. The Kier molecular flexibility index (Phi) is 6.17. The minimum Gasteiger partial charge on any atom is -0.497 e. The second-order valence-electron chi connectivity index (χ2n) is 9.44. The summed E-state index contributed by atoms with van der Waals surface area (Å²) in [6.07, 6.45) is 4.16. The first kappa shape index (κ1) is 23.3. The number of aryl methyl sites for hydroxylation is 1. The van der Waals surface area contributed by atoms with E-state index in [-0.39, 0.29) is 17.2 Å². The molecular formula is C28H27F2NO4. The van der Waals surface area contributed by atoms with Crippen molar-refractivity contribution in [3.63, 3.8) is 0 Å². The van der Waals surface area contributed by atoms with Crippen molar-refractivity contribution in [1.82, 2.24) is 4.98 Å². The average molecular weight is 480 g/mol. The van der Waals surface area contributed by atoms with E-state index in [9.17, 15) is 14.3 Å². The predicted octanol–water partition coefficient (Wildman–Crippen LogP) is 6.32. The van der Waals surface area contributed by atoms with Gasteiger partial charge < -0.3 is 14.6 Å². The van der Waals surface area contributed by atoms with Gasteiger partial charge in [0.05, 0.1) is 13.0 Å². The van der Waals surface area contributed by atoms with Crippen LogP contribution in [0.5, 0.6) is 11.5 Å². The lowest BCUT2D eigenvalue weighted by Gasteiger charge is -2.28. The molecule has 35 heavy (non-hydrogen) atoms. The molecule has 0 radical (unpaired) electrons. The summed E-state index contributed by atoms with van der Waals surface area (Å²) < 4.78 is 40.9. The SMILES string of the molecule is COc1ccc(F)c(-c2cnc(C3CCc4ccc(C(C5CC5)[C@H](C)C(=O)O)cc4O3)c(F)c2)c1. The molecule has 7 heteroatoms. The first-order valence-electron chi connectivity index (χ1n) is 11.9. The highest BCUT2D eigenvalue weighted by molar-refractivity contribution is 5.71. The van der Waals surface area contributed by atoms with E-state index < -0.39 is 29.6 Å². The predicted molar refractivity (Wildman–Crippen MR) is 127 cm³/mol. The maximum atomic E-state index is 15.2. The number of carbonyl (C=O) groups is 1. The van der Waals surface area contributed by atoms with Gasteiger partial charge in [0.2, 0.25) is 0 Å². The van der Waals surface area contributed by atoms with Gasteiger partial charge in [-0.3, -0.25) is 9.78 Å². The van der Waals surface area contributed by atoms with E-state index in [0.29, 0.717) is 35.8 Å². The van der Waals surface area contributed by atoms with E-state index in [1.807, 2.05) is 18.2 Å². The van der Waals surface area contributed by atoms with Crippen molar-refractivity contribution in [2.75, 3.05) is 7.11 Å². The maximum Gasteiger partial charge on any atom is 0.306 e. The van der Waals surface area contributed by atoms with Crippen LogP contribution in [-0.4, -0.2) is 23.2 Å². The summed E-state index contributed by atoms with van der Waals surface area (Å²) in [5, 5.41) is 9.59. The van der Waals surface area contributed by atoms with Crippen LogP contribution in [0.2, 0.25) is 0 Å². The van der Waals surface area contributed by atoms with Crippen molar-refractivity contribution >= 4 is 5.97 Å². The summed E-state index contributed by atoms with van der Waals surface area (Å²) in [6.45, 7) is 1.75. The van der Waals surface area contributed by atoms with E-state index >= 15 is 4.39 Å².